The van der Waals surface area contributed by atoms with Gasteiger partial charge in [-0.05, 0) is 33.1 Å². The molecule has 2 amide bonds. The van der Waals surface area contributed by atoms with E-state index in [2.05, 4.69) is 15.2 Å². The number of hydrogen-bond acceptors (Lipinski definition) is 6. The molecule has 1 aromatic heterocycles. The van der Waals surface area contributed by atoms with Gasteiger partial charge in [-0.25, -0.2) is 13.4 Å². The molecule has 0 aromatic carbocycles. The molecule has 1 aromatic rings. The largest absolute Gasteiger partial charge is 0.353 e. The smallest absolute Gasteiger partial charge is 0.262 e. The lowest BCUT2D eigenvalue weighted by Gasteiger charge is -2.38. The predicted molar refractivity (Wildman–Crippen MR) is 120 cm³/mol. The first kappa shape index (κ1) is 24.7. The van der Waals surface area contributed by atoms with Crippen LogP contribution >= 0.6 is 0 Å². The number of sulfonamides is 1. The van der Waals surface area contributed by atoms with Gasteiger partial charge in [0.15, 0.2) is 5.03 Å². The second-order valence-electron chi connectivity index (χ2n) is 8.89. The number of carbonyl (C=O) groups excluding carboxylic acids is 2. The first-order chi connectivity index (χ1) is 15.1. The molecule has 0 spiro atoms. The number of piperidine rings is 1. The zero-order valence-corrected chi connectivity index (χ0v) is 20.4. The molecule has 180 valence electrons. The second kappa shape index (κ2) is 10.3. The zero-order valence-electron chi connectivity index (χ0n) is 19.6. The van der Waals surface area contributed by atoms with Crippen molar-refractivity contribution in [3.63, 3.8) is 0 Å². The summed E-state index contributed by atoms with van der Waals surface area (Å²) in [7, 11) is -1.87. The minimum Gasteiger partial charge on any atom is -0.353 e. The monoisotopic (exact) mass is 468 g/mol. The van der Waals surface area contributed by atoms with Crippen LogP contribution in [0.2, 0.25) is 0 Å². The maximum Gasteiger partial charge on any atom is 0.262 e. The molecule has 2 fully saturated rings. The lowest BCUT2D eigenvalue weighted by molar-refractivity contribution is -0.138. The van der Waals surface area contributed by atoms with Gasteiger partial charge in [0.1, 0.15) is 5.82 Å². The number of carbonyl (C=O) groups is 2. The van der Waals surface area contributed by atoms with E-state index in [4.69, 9.17) is 0 Å². The molecular weight excluding hydrogens is 432 g/mol. The maximum absolute atomic E-state index is 13.0. The van der Waals surface area contributed by atoms with Crippen molar-refractivity contribution in [2.75, 3.05) is 45.8 Å². The molecule has 2 aliphatic rings. The number of nitrogens with one attached hydrogen (secondary N) is 1. The number of aromatic nitrogens is 2. The van der Waals surface area contributed by atoms with E-state index >= 15 is 0 Å². The Morgan fingerprint density at radius 3 is 2.31 bits per heavy atom. The van der Waals surface area contributed by atoms with E-state index in [0.29, 0.717) is 64.5 Å². The van der Waals surface area contributed by atoms with Gasteiger partial charge in [0, 0.05) is 64.5 Å². The average molecular weight is 469 g/mol. The number of piperazine rings is 1. The molecular formula is C21H36N6O4S. The van der Waals surface area contributed by atoms with E-state index in [1.54, 1.807) is 18.5 Å². The van der Waals surface area contributed by atoms with Crippen LogP contribution in [-0.2, 0) is 26.7 Å². The summed E-state index contributed by atoms with van der Waals surface area (Å²) in [5, 5.41) is 3.04. The highest BCUT2D eigenvalue weighted by Gasteiger charge is 2.35. The molecule has 2 aliphatic heterocycles. The summed E-state index contributed by atoms with van der Waals surface area (Å²) in [4.78, 5) is 33.2. The SMILES string of the molecule is CCC(C)NC(=O)CN1CCN(C(=O)C2CCN(S(=O)(=O)c3cn(C)c(C)n3)CC2)CC1. The third kappa shape index (κ3) is 5.68. The van der Waals surface area contributed by atoms with Gasteiger partial charge in [0.2, 0.25) is 11.8 Å². The summed E-state index contributed by atoms with van der Waals surface area (Å²) in [6.45, 7) is 9.34. The molecule has 0 aliphatic carbocycles. The van der Waals surface area contributed by atoms with Crippen molar-refractivity contribution in [1.82, 2.24) is 29.0 Å². The van der Waals surface area contributed by atoms with Crippen LogP contribution in [0.3, 0.4) is 0 Å². The van der Waals surface area contributed by atoms with Gasteiger partial charge in [0.25, 0.3) is 10.0 Å². The fourth-order valence-corrected chi connectivity index (χ4v) is 5.63. The fraction of sp³-hybridized carbons (Fsp3) is 0.762. The van der Waals surface area contributed by atoms with Crippen molar-refractivity contribution in [3.8, 4) is 0 Å². The van der Waals surface area contributed by atoms with Crippen LogP contribution in [-0.4, -0.2) is 95.7 Å². The van der Waals surface area contributed by atoms with E-state index in [9.17, 15) is 18.0 Å². The number of nitrogens with zero attached hydrogens (tertiary/aromatic N) is 5. The van der Waals surface area contributed by atoms with Crippen LogP contribution in [0.25, 0.3) is 0 Å². The van der Waals surface area contributed by atoms with Crippen molar-refractivity contribution in [3.05, 3.63) is 12.0 Å². The fourth-order valence-electron chi connectivity index (χ4n) is 4.14. The summed E-state index contributed by atoms with van der Waals surface area (Å²) in [5.41, 5.74) is 0. The van der Waals surface area contributed by atoms with E-state index in [1.807, 2.05) is 18.7 Å². The van der Waals surface area contributed by atoms with E-state index in [1.165, 1.54) is 10.5 Å². The Kier molecular flexibility index (Phi) is 7.94. The minimum atomic E-state index is -3.64. The summed E-state index contributed by atoms with van der Waals surface area (Å²) in [5.74, 6) is 0.604. The molecule has 0 saturated carbocycles. The average Bonchev–Trinajstić information content (AvgIpc) is 3.12. The number of hydrogen-bond donors (Lipinski definition) is 1. The lowest BCUT2D eigenvalue weighted by Crippen LogP contribution is -2.53. The maximum atomic E-state index is 13.0. The van der Waals surface area contributed by atoms with Crippen molar-refractivity contribution in [2.24, 2.45) is 13.0 Å². The second-order valence-corrected chi connectivity index (χ2v) is 10.8. The number of aryl methyl sites for hydroxylation is 2. The molecule has 0 bridgehead atoms. The van der Waals surface area contributed by atoms with Gasteiger partial charge >= 0.3 is 0 Å². The Balaban J connectivity index is 1.46. The molecule has 2 saturated heterocycles. The van der Waals surface area contributed by atoms with E-state index in [-0.39, 0.29) is 28.8 Å². The van der Waals surface area contributed by atoms with Gasteiger partial charge in [-0.1, -0.05) is 6.92 Å². The number of imidazole rings is 1. The third-order valence-corrected chi connectivity index (χ3v) is 8.34. The third-order valence-electron chi connectivity index (χ3n) is 6.56. The van der Waals surface area contributed by atoms with Crippen LogP contribution in [0.5, 0.6) is 0 Å². The Bertz CT molecular complexity index is 895. The van der Waals surface area contributed by atoms with Crippen LogP contribution in [0.1, 0.15) is 38.9 Å². The van der Waals surface area contributed by atoms with Crippen molar-refractivity contribution in [1.29, 1.82) is 0 Å². The van der Waals surface area contributed by atoms with Crippen molar-refractivity contribution in [2.45, 2.75) is 51.1 Å². The first-order valence-electron chi connectivity index (χ1n) is 11.4. The molecule has 0 radical (unpaired) electrons. The number of rotatable bonds is 7. The Morgan fingerprint density at radius 2 is 1.78 bits per heavy atom. The van der Waals surface area contributed by atoms with E-state index < -0.39 is 10.0 Å². The van der Waals surface area contributed by atoms with Gasteiger partial charge < -0.3 is 14.8 Å². The Morgan fingerprint density at radius 1 is 1.16 bits per heavy atom. The lowest BCUT2D eigenvalue weighted by atomic mass is 9.96. The molecule has 10 nitrogen and oxygen atoms in total. The van der Waals surface area contributed by atoms with Gasteiger partial charge in [-0.15, -0.1) is 0 Å². The van der Waals surface area contributed by atoms with Gasteiger partial charge in [-0.3, -0.25) is 14.5 Å². The Labute approximate surface area is 191 Å². The standard InChI is InChI=1S/C21H36N6O4S/c1-5-16(2)22-19(28)14-25-10-12-26(13-11-25)21(29)18-6-8-27(9-7-18)32(30,31)20-15-24(4)17(3)23-20/h15-16,18H,5-14H2,1-4H3,(H,22,28). The summed E-state index contributed by atoms with van der Waals surface area (Å²) >= 11 is 0. The van der Waals surface area contributed by atoms with Crippen LogP contribution in [0, 0.1) is 12.8 Å². The van der Waals surface area contributed by atoms with Crippen LogP contribution in [0.4, 0.5) is 0 Å². The van der Waals surface area contributed by atoms with E-state index in [0.717, 1.165) is 6.42 Å². The first-order valence-corrected chi connectivity index (χ1v) is 12.9. The molecule has 3 heterocycles. The Hall–Kier alpha value is -1.98. The predicted octanol–water partition coefficient (Wildman–Crippen LogP) is 0.188. The normalized spacial score (nSPS) is 20.3. The molecule has 11 heteroatoms. The summed E-state index contributed by atoms with van der Waals surface area (Å²) in [6, 6.07) is 0.168. The molecule has 1 unspecified atom stereocenters. The van der Waals surface area contributed by atoms with Crippen molar-refractivity contribution < 1.29 is 18.0 Å². The highest BCUT2D eigenvalue weighted by atomic mass is 32.2. The van der Waals surface area contributed by atoms with Crippen molar-refractivity contribution >= 4 is 21.8 Å². The van der Waals surface area contributed by atoms with Crippen LogP contribution in [0.15, 0.2) is 11.2 Å². The van der Waals surface area contributed by atoms with Gasteiger partial charge in [-0.2, -0.15) is 4.31 Å². The molecule has 32 heavy (non-hydrogen) atoms. The highest BCUT2D eigenvalue weighted by Crippen LogP contribution is 2.25. The minimum absolute atomic E-state index is 0.0239. The molecule has 1 N–H and O–H groups in total. The molecule has 1 atom stereocenters. The quantitative estimate of drug-likeness (QED) is 0.612. The highest BCUT2D eigenvalue weighted by molar-refractivity contribution is 7.89. The summed E-state index contributed by atoms with van der Waals surface area (Å²) < 4.78 is 28.8. The summed E-state index contributed by atoms with van der Waals surface area (Å²) in [6.07, 6.45) is 3.46. The topological polar surface area (TPSA) is 108 Å². The van der Waals surface area contributed by atoms with Gasteiger partial charge in [0.05, 0.1) is 6.54 Å². The number of amides is 2. The molecule has 3 rings (SSSR count). The van der Waals surface area contributed by atoms with Crippen LogP contribution < -0.4 is 5.32 Å². The zero-order chi connectivity index (χ0) is 23.5.